The van der Waals surface area contributed by atoms with Crippen LogP contribution >= 0.6 is 0 Å². The standard InChI is InChI=1S/C29H59N2O/c1-3-5-7-9-11-13-15-17-19-23-27-31(28-24-20-21-25-29(31)32)30-26-22-18-16-14-12-10-8-6-4-2/h30H,3-28H2,1-2H3/q+1. The molecule has 0 aliphatic carbocycles. The number of likely N-dealkylation sites (tertiary alicyclic amines) is 1. The van der Waals surface area contributed by atoms with Crippen LogP contribution in [0.25, 0.3) is 0 Å². The average Bonchev–Trinajstić information content (AvgIpc) is 2.98. The molecule has 3 heteroatoms. The second-order valence-corrected chi connectivity index (χ2v) is 10.5. The SMILES string of the molecule is CCCCCCCCCCCC[N+]1(NCCCCCCCCCCC)CCCCCC1=O. The van der Waals surface area contributed by atoms with Gasteiger partial charge in [-0.1, -0.05) is 117 Å². The van der Waals surface area contributed by atoms with E-state index >= 15 is 0 Å². The van der Waals surface area contributed by atoms with Crippen LogP contribution in [0, 0.1) is 0 Å². The normalized spacial score (nSPS) is 19.4. The maximum atomic E-state index is 13.0. The van der Waals surface area contributed by atoms with Crippen LogP contribution in [0.15, 0.2) is 0 Å². The predicted molar refractivity (Wildman–Crippen MR) is 141 cm³/mol. The highest BCUT2D eigenvalue weighted by atomic mass is 16.2. The second kappa shape index (κ2) is 21.1. The summed E-state index contributed by atoms with van der Waals surface area (Å²) in [5.41, 5.74) is 3.76. The van der Waals surface area contributed by atoms with Gasteiger partial charge in [0, 0.05) is 6.54 Å². The molecule has 1 saturated heterocycles. The summed E-state index contributed by atoms with van der Waals surface area (Å²) >= 11 is 0. The van der Waals surface area contributed by atoms with Crippen LogP contribution in [0.4, 0.5) is 0 Å². The number of quaternary nitrogens is 1. The predicted octanol–water partition coefficient (Wildman–Crippen LogP) is 8.86. The van der Waals surface area contributed by atoms with Gasteiger partial charge in [-0.25, -0.2) is 4.79 Å². The molecule has 1 heterocycles. The van der Waals surface area contributed by atoms with Gasteiger partial charge >= 0.3 is 5.91 Å². The summed E-state index contributed by atoms with van der Waals surface area (Å²) in [6, 6.07) is 0. The van der Waals surface area contributed by atoms with Crippen LogP contribution < -0.4 is 5.43 Å². The summed E-state index contributed by atoms with van der Waals surface area (Å²) in [5.74, 6) is 0.467. The van der Waals surface area contributed by atoms with Crippen molar-refractivity contribution < 1.29 is 9.39 Å². The Balaban J connectivity index is 2.19. The molecule has 1 atom stereocenters. The van der Waals surface area contributed by atoms with Crippen LogP contribution in [0.5, 0.6) is 0 Å². The van der Waals surface area contributed by atoms with E-state index in [1.807, 2.05) is 0 Å². The molecule has 32 heavy (non-hydrogen) atoms. The van der Waals surface area contributed by atoms with Crippen LogP contribution in [0.2, 0.25) is 0 Å². The summed E-state index contributed by atoms with van der Waals surface area (Å²) in [6.45, 7) is 7.63. The zero-order chi connectivity index (χ0) is 23.2. The number of amides is 1. The minimum absolute atomic E-state index is 0.467. The van der Waals surface area contributed by atoms with Crippen LogP contribution in [0.1, 0.15) is 162 Å². The van der Waals surface area contributed by atoms with Gasteiger partial charge in [-0.2, -0.15) is 10.0 Å². The van der Waals surface area contributed by atoms with Crippen molar-refractivity contribution in [3.8, 4) is 0 Å². The Labute approximate surface area is 202 Å². The first-order valence-electron chi connectivity index (χ1n) is 14.9. The maximum absolute atomic E-state index is 13.0. The quantitative estimate of drug-likeness (QED) is 0.131. The van der Waals surface area contributed by atoms with Gasteiger partial charge in [0.15, 0.2) is 0 Å². The fourth-order valence-corrected chi connectivity index (χ4v) is 5.25. The number of hydrogen-bond donors (Lipinski definition) is 1. The molecular weight excluding hydrogens is 392 g/mol. The van der Waals surface area contributed by atoms with E-state index in [1.165, 1.54) is 135 Å². The molecule has 1 fully saturated rings. The average molecular weight is 452 g/mol. The number of nitrogens with one attached hydrogen (secondary N) is 1. The van der Waals surface area contributed by atoms with Crippen LogP contribution in [-0.4, -0.2) is 30.1 Å². The lowest BCUT2D eigenvalue weighted by Crippen LogP contribution is -2.62. The molecule has 0 spiro atoms. The van der Waals surface area contributed by atoms with E-state index in [0.29, 0.717) is 10.5 Å². The first-order valence-corrected chi connectivity index (χ1v) is 14.9. The van der Waals surface area contributed by atoms with E-state index in [2.05, 4.69) is 19.3 Å². The zero-order valence-corrected chi connectivity index (χ0v) is 22.2. The fraction of sp³-hybridized carbons (Fsp3) is 0.966. The van der Waals surface area contributed by atoms with Gasteiger partial charge in [0.1, 0.15) is 13.1 Å². The van der Waals surface area contributed by atoms with Gasteiger partial charge in [0.05, 0.1) is 6.42 Å². The van der Waals surface area contributed by atoms with Crippen LogP contribution in [-0.2, 0) is 4.79 Å². The Morgan fingerprint density at radius 2 is 1.06 bits per heavy atom. The minimum Gasteiger partial charge on any atom is -0.229 e. The molecule has 1 unspecified atom stereocenters. The molecule has 0 bridgehead atoms. The summed E-state index contributed by atoms with van der Waals surface area (Å²) in [7, 11) is 0. The maximum Gasteiger partial charge on any atom is 0.332 e. The third-order valence-corrected chi connectivity index (χ3v) is 7.50. The Morgan fingerprint density at radius 3 is 1.59 bits per heavy atom. The Bertz CT molecular complexity index is 399. The van der Waals surface area contributed by atoms with Gasteiger partial charge in [0.25, 0.3) is 0 Å². The Morgan fingerprint density at radius 1 is 0.594 bits per heavy atom. The van der Waals surface area contributed by atoms with Crippen LogP contribution in [0.3, 0.4) is 0 Å². The largest absolute Gasteiger partial charge is 0.332 e. The van der Waals surface area contributed by atoms with Crippen molar-refractivity contribution in [2.75, 3.05) is 19.6 Å². The van der Waals surface area contributed by atoms with Crippen molar-refractivity contribution in [1.82, 2.24) is 5.43 Å². The molecule has 1 aliphatic heterocycles. The first kappa shape index (κ1) is 29.6. The van der Waals surface area contributed by atoms with Crippen molar-refractivity contribution >= 4 is 5.91 Å². The Kier molecular flexibility index (Phi) is 19.6. The highest BCUT2D eigenvalue weighted by molar-refractivity contribution is 5.68. The lowest BCUT2D eigenvalue weighted by Gasteiger charge is -2.34. The first-order chi connectivity index (χ1) is 15.7. The van der Waals surface area contributed by atoms with Crippen molar-refractivity contribution in [3.05, 3.63) is 0 Å². The third-order valence-electron chi connectivity index (χ3n) is 7.50. The van der Waals surface area contributed by atoms with E-state index in [0.717, 1.165) is 32.5 Å². The number of carbonyl (C=O) groups excluding carboxylic acids is 1. The van der Waals surface area contributed by atoms with Gasteiger partial charge < -0.3 is 0 Å². The fourth-order valence-electron chi connectivity index (χ4n) is 5.25. The highest BCUT2D eigenvalue weighted by Crippen LogP contribution is 2.20. The number of unbranched alkanes of at least 4 members (excludes halogenated alkanes) is 17. The molecular formula is C29H59N2O+. The molecule has 0 saturated carbocycles. The second-order valence-electron chi connectivity index (χ2n) is 10.5. The van der Waals surface area contributed by atoms with Gasteiger partial charge in [-0.3, -0.25) is 0 Å². The molecule has 0 aromatic rings. The lowest BCUT2D eigenvalue weighted by molar-refractivity contribution is -0.898. The molecule has 1 N–H and O–H groups in total. The summed E-state index contributed by atoms with van der Waals surface area (Å²) < 4.78 is 0.591. The van der Waals surface area contributed by atoms with Crippen molar-refractivity contribution in [1.29, 1.82) is 0 Å². The van der Waals surface area contributed by atoms with Crippen molar-refractivity contribution in [2.24, 2.45) is 0 Å². The van der Waals surface area contributed by atoms with Gasteiger partial charge in [0.2, 0.25) is 0 Å². The van der Waals surface area contributed by atoms with E-state index in [-0.39, 0.29) is 0 Å². The molecule has 1 rings (SSSR count). The molecule has 1 amide bonds. The molecule has 3 nitrogen and oxygen atoms in total. The summed E-state index contributed by atoms with van der Waals surface area (Å²) in [6.07, 6.45) is 30.2. The van der Waals surface area contributed by atoms with Crippen molar-refractivity contribution in [3.63, 3.8) is 0 Å². The number of hydrogen-bond acceptors (Lipinski definition) is 2. The summed E-state index contributed by atoms with van der Waals surface area (Å²) in [4.78, 5) is 13.0. The topological polar surface area (TPSA) is 29.1 Å². The monoisotopic (exact) mass is 451 g/mol. The number of rotatable bonds is 22. The Hall–Kier alpha value is -0.410. The van der Waals surface area contributed by atoms with E-state index in [4.69, 9.17) is 0 Å². The van der Waals surface area contributed by atoms with Crippen molar-refractivity contribution in [2.45, 2.75) is 162 Å². The number of carbonyl (C=O) groups is 1. The van der Waals surface area contributed by atoms with E-state index in [1.54, 1.807) is 0 Å². The molecule has 0 aromatic heterocycles. The lowest BCUT2D eigenvalue weighted by atomic mass is 10.1. The highest BCUT2D eigenvalue weighted by Gasteiger charge is 2.37. The molecule has 0 aromatic carbocycles. The molecule has 0 radical (unpaired) electrons. The molecule has 1 aliphatic rings. The smallest absolute Gasteiger partial charge is 0.229 e. The van der Waals surface area contributed by atoms with Gasteiger partial charge in [-0.15, -0.1) is 0 Å². The zero-order valence-electron chi connectivity index (χ0n) is 22.2. The van der Waals surface area contributed by atoms with E-state index in [9.17, 15) is 4.79 Å². The van der Waals surface area contributed by atoms with Gasteiger partial charge in [-0.05, 0) is 38.5 Å². The third kappa shape index (κ3) is 14.7. The molecule has 190 valence electrons. The summed E-state index contributed by atoms with van der Waals surface area (Å²) in [5, 5.41) is 0. The van der Waals surface area contributed by atoms with E-state index < -0.39 is 0 Å². The number of nitrogens with zero attached hydrogens (tertiary/aromatic N) is 1. The minimum atomic E-state index is 0.467.